The van der Waals surface area contributed by atoms with Crippen LogP contribution >= 0.6 is 0 Å². The summed E-state index contributed by atoms with van der Waals surface area (Å²) in [5, 5.41) is 12.3. The molecule has 0 bridgehead atoms. The zero-order chi connectivity index (χ0) is 14.7. The second-order valence-corrected chi connectivity index (χ2v) is 5.37. The van der Waals surface area contributed by atoms with E-state index in [-0.39, 0.29) is 6.54 Å². The molecule has 2 N–H and O–H groups in total. The van der Waals surface area contributed by atoms with Crippen molar-refractivity contribution >= 4 is 11.8 Å². The zero-order valence-corrected chi connectivity index (χ0v) is 12.3. The number of anilines is 1. The minimum atomic E-state index is -0.759. The summed E-state index contributed by atoms with van der Waals surface area (Å²) in [5.41, 5.74) is 0.955. The SMILES string of the molecule is CCN(CC(=O)O)C1CC(Nc2cc(C)nc(C)n2)C1. The fraction of sp³-hybridized carbons (Fsp3) is 0.643. The number of nitrogens with one attached hydrogen (secondary N) is 1. The van der Waals surface area contributed by atoms with Gasteiger partial charge in [0.15, 0.2) is 0 Å². The Balaban J connectivity index is 1.85. The lowest BCUT2D eigenvalue weighted by Gasteiger charge is -2.42. The molecule has 0 saturated heterocycles. The van der Waals surface area contributed by atoms with E-state index in [9.17, 15) is 4.79 Å². The van der Waals surface area contributed by atoms with Crippen LogP contribution in [0.15, 0.2) is 6.07 Å². The maximum atomic E-state index is 10.8. The summed E-state index contributed by atoms with van der Waals surface area (Å²) in [6.07, 6.45) is 1.92. The lowest BCUT2D eigenvalue weighted by Crippen LogP contribution is -2.51. The first kappa shape index (κ1) is 14.7. The lowest BCUT2D eigenvalue weighted by molar-refractivity contribution is -0.139. The van der Waals surface area contributed by atoms with Crippen molar-refractivity contribution in [2.75, 3.05) is 18.4 Å². The Hall–Kier alpha value is -1.69. The van der Waals surface area contributed by atoms with E-state index in [1.165, 1.54) is 0 Å². The van der Waals surface area contributed by atoms with Gasteiger partial charge in [-0.05, 0) is 33.2 Å². The molecule has 1 heterocycles. The number of nitrogens with zero attached hydrogens (tertiary/aromatic N) is 3. The molecule has 1 aromatic rings. The second kappa shape index (κ2) is 6.17. The van der Waals surface area contributed by atoms with E-state index >= 15 is 0 Å². The Kier molecular flexibility index (Phi) is 4.54. The fourth-order valence-corrected chi connectivity index (χ4v) is 2.68. The maximum Gasteiger partial charge on any atom is 0.317 e. The number of carbonyl (C=O) groups is 1. The highest BCUT2D eigenvalue weighted by molar-refractivity contribution is 5.69. The molecule has 6 heteroatoms. The summed E-state index contributed by atoms with van der Waals surface area (Å²) in [6, 6.07) is 2.67. The van der Waals surface area contributed by atoms with Crippen LogP contribution in [0.4, 0.5) is 5.82 Å². The zero-order valence-electron chi connectivity index (χ0n) is 12.3. The fourth-order valence-electron chi connectivity index (χ4n) is 2.68. The summed E-state index contributed by atoms with van der Waals surface area (Å²) in [7, 11) is 0. The minimum absolute atomic E-state index is 0.125. The van der Waals surface area contributed by atoms with Crippen molar-refractivity contribution in [2.45, 2.75) is 45.7 Å². The number of rotatable bonds is 6. The summed E-state index contributed by atoms with van der Waals surface area (Å²) >= 11 is 0. The Morgan fingerprint density at radius 3 is 2.70 bits per heavy atom. The van der Waals surface area contributed by atoms with E-state index in [4.69, 9.17) is 5.11 Å². The number of hydrogen-bond donors (Lipinski definition) is 2. The average Bonchev–Trinajstić information content (AvgIpc) is 2.29. The molecule has 0 aromatic carbocycles. The molecule has 0 unspecified atom stereocenters. The van der Waals surface area contributed by atoms with Crippen molar-refractivity contribution in [1.29, 1.82) is 0 Å². The molecule has 0 spiro atoms. The number of carboxylic acids is 1. The number of aryl methyl sites for hydroxylation is 2. The Bertz CT molecular complexity index is 466. The minimum Gasteiger partial charge on any atom is -0.480 e. The van der Waals surface area contributed by atoms with E-state index in [1.54, 1.807) is 0 Å². The molecule has 0 amide bonds. The van der Waals surface area contributed by atoms with Crippen LogP contribution in [0, 0.1) is 13.8 Å². The van der Waals surface area contributed by atoms with E-state index in [2.05, 4.69) is 15.3 Å². The molecule has 110 valence electrons. The van der Waals surface area contributed by atoms with Gasteiger partial charge in [-0.25, -0.2) is 9.97 Å². The van der Waals surface area contributed by atoms with Crippen molar-refractivity contribution in [3.05, 3.63) is 17.6 Å². The molecule has 1 aromatic heterocycles. The van der Waals surface area contributed by atoms with Crippen LogP contribution in [-0.2, 0) is 4.79 Å². The van der Waals surface area contributed by atoms with E-state index in [0.717, 1.165) is 36.7 Å². The van der Waals surface area contributed by atoms with Crippen molar-refractivity contribution < 1.29 is 9.90 Å². The van der Waals surface area contributed by atoms with Crippen LogP contribution in [0.25, 0.3) is 0 Å². The summed E-state index contributed by atoms with van der Waals surface area (Å²) in [4.78, 5) is 21.4. The van der Waals surface area contributed by atoms with Gasteiger partial charge < -0.3 is 10.4 Å². The highest BCUT2D eigenvalue weighted by Gasteiger charge is 2.33. The molecule has 1 aliphatic rings. The van der Waals surface area contributed by atoms with Crippen molar-refractivity contribution in [2.24, 2.45) is 0 Å². The van der Waals surface area contributed by atoms with Crippen LogP contribution in [0.2, 0.25) is 0 Å². The van der Waals surface area contributed by atoms with Gasteiger partial charge in [-0.2, -0.15) is 0 Å². The number of hydrogen-bond acceptors (Lipinski definition) is 5. The van der Waals surface area contributed by atoms with Crippen LogP contribution in [0.5, 0.6) is 0 Å². The topological polar surface area (TPSA) is 78.4 Å². The van der Waals surface area contributed by atoms with E-state index in [0.29, 0.717) is 12.1 Å². The molecule has 2 rings (SSSR count). The van der Waals surface area contributed by atoms with Crippen molar-refractivity contribution in [1.82, 2.24) is 14.9 Å². The van der Waals surface area contributed by atoms with Gasteiger partial charge in [0, 0.05) is 23.8 Å². The second-order valence-electron chi connectivity index (χ2n) is 5.37. The highest BCUT2D eigenvalue weighted by atomic mass is 16.4. The number of likely N-dealkylation sites (N-methyl/N-ethyl adjacent to an activating group) is 1. The molecule has 1 fully saturated rings. The van der Waals surface area contributed by atoms with Gasteiger partial charge in [0.05, 0.1) is 6.54 Å². The Morgan fingerprint density at radius 2 is 2.15 bits per heavy atom. The van der Waals surface area contributed by atoms with Crippen molar-refractivity contribution in [3.8, 4) is 0 Å². The van der Waals surface area contributed by atoms with Gasteiger partial charge in [0.25, 0.3) is 0 Å². The molecule has 0 aliphatic heterocycles. The quantitative estimate of drug-likeness (QED) is 0.820. The predicted octanol–water partition coefficient (Wildman–Crippen LogP) is 1.44. The van der Waals surface area contributed by atoms with E-state index in [1.807, 2.05) is 31.7 Å². The Morgan fingerprint density at radius 1 is 1.45 bits per heavy atom. The molecule has 20 heavy (non-hydrogen) atoms. The van der Waals surface area contributed by atoms with Crippen LogP contribution < -0.4 is 5.32 Å². The smallest absolute Gasteiger partial charge is 0.317 e. The lowest BCUT2D eigenvalue weighted by atomic mass is 9.85. The first-order valence-corrected chi connectivity index (χ1v) is 7.02. The van der Waals surface area contributed by atoms with Crippen LogP contribution in [-0.4, -0.2) is 51.1 Å². The normalized spacial score (nSPS) is 21.6. The standard InChI is InChI=1S/C14H22N4O2/c1-4-18(8-14(19)20)12-6-11(7-12)17-13-5-9(2)15-10(3)16-13/h5,11-12H,4,6-8H2,1-3H3,(H,19,20)(H,15,16,17). The monoisotopic (exact) mass is 278 g/mol. The molecule has 1 aliphatic carbocycles. The summed E-state index contributed by atoms with van der Waals surface area (Å²) in [5.74, 6) is 0.870. The predicted molar refractivity (Wildman–Crippen MR) is 76.8 cm³/mol. The van der Waals surface area contributed by atoms with Gasteiger partial charge in [0.1, 0.15) is 11.6 Å². The molecule has 0 radical (unpaired) electrons. The summed E-state index contributed by atoms with van der Waals surface area (Å²) < 4.78 is 0. The highest BCUT2D eigenvalue weighted by Crippen LogP contribution is 2.28. The number of aliphatic carboxylic acids is 1. The molecule has 0 atom stereocenters. The third-order valence-corrected chi connectivity index (χ3v) is 3.69. The maximum absolute atomic E-state index is 10.8. The summed E-state index contributed by atoms with van der Waals surface area (Å²) in [6.45, 7) is 6.73. The van der Waals surface area contributed by atoms with Gasteiger partial charge >= 0.3 is 5.97 Å². The molecular weight excluding hydrogens is 256 g/mol. The van der Waals surface area contributed by atoms with E-state index < -0.39 is 5.97 Å². The largest absolute Gasteiger partial charge is 0.480 e. The third kappa shape index (κ3) is 3.66. The molecular formula is C14H22N4O2. The number of carboxylic acid groups (broad SMARTS) is 1. The van der Waals surface area contributed by atoms with Crippen molar-refractivity contribution in [3.63, 3.8) is 0 Å². The van der Waals surface area contributed by atoms with Crippen LogP contribution in [0.1, 0.15) is 31.3 Å². The number of aromatic nitrogens is 2. The molecule has 1 saturated carbocycles. The first-order chi connectivity index (χ1) is 9.47. The van der Waals surface area contributed by atoms with Gasteiger partial charge in [-0.3, -0.25) is 9.69 Å². The third-order valence-electron chi connectivity index (χ3n) is 3.69. The van der Waals surface area contributed by atoms with Crippen LogP contribution in [0.3, 0.4) is 0 Å². The van der Waals surface area contributed by atoms with Gasteiger partial charge in [-0.15, -0.1) is 0 Å². The Labute approximate surface area is 119 Å². The average molecular weight is 278 g/mol. The molecule has 6 nitrogen and oxygen atoms in total. The van der Waals surface area contributed by atoms with Gasteiger partial charge in [0.2, 0.25) is 0 Å². The van der Waals surface area contributed by atoms with Gasteiger partial charge in [-0.1, -0.05) is 6.92 Å². The first-order valence-electron chi connectivity index (χ1n) is 7.02.